The second-order valence-electron chi connectivity index (χ2n) is 4.64. The average molecular weight is 282 g/mol. The van der Waals surface area contributed by atoms with Gasteiger partial charge in [-0.15, -0.1) is 0 Å². The number of nitrogens with two attached hydrogens (primary N) is 1. The monoisotopic (exact) mass is 282 g/mol. The van der Waals surface area contributed by atoms with Crippen molar-refractivity contribution >= 4 is 17.7 Å². The molecule has 1 fully saturated rings. The van der Waals surface area contributed by atoms with E-state index in [0.29, 0.717) is 12.5 Å². The molecular weight excluding hydrogens is 260 g/mol. The lowest BCUT2D eigenvalue weighted by Crippen LogP contribution is -2.42. The Morgan fingerprint density at radius 1 is 1.47 bits per heavy atom. The first kappa shape index (κ1) is 14.2. The Morgan fingerprint density at radius 2 is 2.21 bits per heavy atom. The molecule has 2 N–H and O–H groups in total. The summed E-state index contributed by atoms with van der Waals surface area (Å²) in [4.78, 5) is 11.0. The van der Waals surface area contributed by atoms with Crippen LogP contribution in [0.25, 0.3) is 0 Å². The van der Waals surface area contributed by atoms with E-state index in [2.05, 4.69) is 21.8 Å². The number of nitrogens with zero attached hydrogens (tertiary/aromatic N) is 3. The van der Waals surface area contributed by atoms with Crippen molar-refractivity contribution in [3.05, 3.63) is 17.3 Å². The molecule has 0 bridgehead atoms. The molecule has 1 aromatic heterocycles. The van der Waals surface area contributed by atoms with E-state index in [-0.39, 0.29) is 0 Å². The van der Waals surface area contributed by atoms with Gasteiger partial charge in [-0.2, -0.15) is 11.8 Å². The van der Waals surface area contributed by atoms with Gasteiger partial charge in [-0.3, -0.25) is 0 Å². The predicted molar refractivity (Wildman–Crippen MR) is 79.5 cm³/mol. The van der Waals surface area contributed by atoms with Gasteiger partial charge in [0.15, 0.2) is 11.9 Å². The molecule has 5 nitrogen and oxygen atoms in total. The number of oxazole rings is 1. The maximum absolute atomic E-state index is 6.02. The molecule has 0 atom stereocenters. The Morgan fingerprint density at radius 3 is 2.89 bits per heavy atom. The van der Waals surface area contributed by atoms with Gasteiger partial charge < -0.3 is 15.1 Å². The van der Waals surface area contributed by atoms with E-state index >= 15 is 0 Å². The summed E-state index contributed by atoms with van der Waals surface area (Å²) in [5.74, 6) is 4.50. The number of hydrogen-bond donors (Lipinski definition) is 1. The minimum Gasteiger partial charge on any atom is -0.443 e. The molecule has 106 valence electrons. The average Bonchev–Trinajstić information content (AvgIpc) is 2.78. The third-order valence-electron chi connectivity index (χ3n) is 3.12. The molecule has 1 aromatic rings. The first-order valence-electron chi connectivity index (χ1n) is 6.78. The lowest BCUT2D eigenvalue weighted by molar-refractivity contribution is 0.441. The Kier molecular flexibility index (Phi) is 5.13. The fourth-order valence-corrected chi connectivity index (χ4v) is 2.90. The highest BCUT2D eigenvalue weighted by Crippen LogP contribution is 2.13. The Bertz CT molecular complexity index is 438. The van der Waals surface area contributed by atoms with Crippen LogP contribution in [0.4, 0.5) is 0 Å². The summed E-state index contributed by atoms with van der Waals surface area (Å²) in [6.07, 6.45) is 1.92. The highest BCUT2D eigenvalue weighted by atomic mass is 32.2. The van der Waals surface area contributed by atoms with Crippen molar-refractivity contribution in [1.29, 1.82) is 0 Å². The van der Waals surface area contributed by atoms with Crippen LogP contribution in [0, 0.1) is 6.92 Å². The largest absolute Gasteiger partial charge is 0.443 e. The van der Waals surface area contributed by atoms with Crippen molar-refractivity contribution in [3.63, 3.8) is 0 Å². The van der Waals surface area contributed by atoms with E-state index in [1.807, 2.05) is 18.7 Å². The SMILES string of the molecule is CCCc1nc(C)c(CN=C(N)N2CCSCC2)o1. The van der Waals surface area contributed by atoms with Crippen LogP contribution in [-0.2, 0) is 13.0 Å². The fourth-order valence-electron chi connectivity index (χ4n) is 2.00. The quantitative estimate of drug-likeness (QED) is 0.673. The number of rotatable bonds is 4. The summed E-state index contributed by atoms with van der Waals surface area (Å²) < 4.78 is 5.70. The molecule has 1 aliphatic rings. The zero-order chi connectivity index (χ0) is 13.7. The Labute approximate surface area is 118 Å². The minimum atomic E-state index is 0.484. The normalized spacial score (nSPS) is 16.9. The van der Waals surface area contributed by atoms with Crippen LogP contribution < -0.4 is 5.73 Å². The summed E-state index contributed by atoms with van der Waals surface area (Å²) in [7, 11) is 0. The van der Waals surface area contributed by atoms with Crippen LogP contribution in [0.5, 0.6) is 0 Å². The van der Waals surface area contributed by atoms with E-state index in [4.69, 9.17) is 10.2 Å². The van der Waals surface area contributed by atoms with Crippen molar-refractivity contribution in [3.8, 4) is 0 Å². The smallest absolute Gasteiger partial charge is 0.194 e. The minimum absolute atomic E-state index is 0.484. The van der Waals surface area contributed by atoms with Crippen molar-refractivity contribution in [1.82, 2.24) is 9.88 Å². The number of hydrogen-bond acceptors (Lipinski definition) is 4. The summed E-state index contributed by atoms with van der Waals surface area (Å²) in [5, 5.41) is 0. The van der Waals surface area contributed by atoms with E-state index < -0.39 is 0 Å². The van der Waals surface area contributed by atoms with E-state index in [1.165, 1.54) is 0 Å². The Hall–Kier alpha value is -1.17. The third kappa shape index (κ3) is 3.89. The van der Waals surface area contributed by atoms with Crippen molar-refractivity contribution in [2.75, 3.05) is 24.6 Å². The first-order valence-corrected chi connectivity index (χ1v) is 7.94. The second-order valence-corrected chi connectivity index (χ2v) is 5.86. The topological polar surface area (TPSA) is 67.7 Å². The molecule has 0 radical (unpaired) electrons. The van der Waals surface area contributed by atoms with Gasteiger partial charge in [0, 0.05) is 31.0 Å². The summed E-state index contributed by atoms with van der Waals surface area (Å²) >= 11 is 1.96. The first-order chi connectivity index (χ1) is 9.20. The summed E-state index contributed by atoms with van der Waals surface area (Å²) in [6.45, 7) is 6.52. The van der Waals surface area contributed by atoms with E-state index in [9.17, 15) is 0 Å². The predicted octanol–water partition coefficient (Wildman–Crippen LogP) is 1.80. The van der Waals surface area contributed by atoms with Gasteiger partial charge in [-0.25, -0.2) is 9.98 Å². The van der Waals surface area contributed by atoms with Gasteiger partial charge in [0.2, 0.25) is 0 Å². The van der Waals surface area contributed by atoms with E-state index in [1.54, 1.807) is 0 Å². The van der Waals surface area contributed by atoms with Gasteiger partial charge >= 0.3 is 0 Å². The number of guanidine groups is 1. The van der Waals surface area contributed by atoms with Crippen LogP contribution in [0.15, 0.2) is 9.41 Å². The Balaban J connectivity index is 1.96. The van der Waals surface area contributed by atoms with Gasteiger partial charge in [-0.05, 0) is 13.3 Å². The molecule has 0 spiro atoms. The molecule has 1 saturated heterocycles. The number of aromatic nitrogens is 1. The lowest BCUT2D eigenvalue weighted by atomic mass is 10.3. The molecule has 6 heteroatoms. The molecule has 2 rings (SSSR count). The molecule has 0 aromatic carbocycles. The van der Waals surface area contributed by atoms with Gasteiger partial charge in [0.1, 0.15) is 12.3 Å². The molecular formula is C13H22N4OS. The van der Waals surface area contributed by atoms with Gasteiger partial charge in [0.25, 0.3) is 0 Å². The van der Waals surface area contributed by atoms with Gasteiger partial charge in [0.05, 0.1) is 5.69 Å². The fraction of sp³-hybridized carbons (Fsp3) is 0.692. The number of thioether (sulfide) groups is 1. The molecule has 1 aliphatic heterocycles. The second kappa shape index (κ2) is 6.84. The van der Waals surface area contributed by atoms with Gasteiger partial charge in [-0.1, -0.05) is 6.92 Å². The van der Waals surface area contributed by atoms with Crippen LogP contribution in [0.1, 0.15) is 30.7 Å². The highest BCUT2D eigenvalue weighted by molar-refractivity contribution is 7.99. The number of aliphatic imine (C=N–C) groups is 1. The maximum atomic E-state index is 6.02. The zero-order valence-corrected chi connectivity index (χ0v) is 12.5. The van der Waals surface area contributed by atoms with Crippen molar-refractivity contribution in [2.24, 2.45) is 10.7 Å². The van der Waals surface area contributed by atoms with E-state index in [0.717, 1.165) is 54.8 Å². The highest BCUT2D eigenvalue weighted by Gasteiger charge is 2.13. The van der Waals surface area contributed by atoms with Crippen LogP contribution in [-0.4, -0.2) is 40.4 Å². The summed E-state index contributed by atoms with van der Waals surface area (Å²) in [6, 6.07) is 0. The third-order valence-corrected chi connectivity index (χ3v) is 4.06. The van der Waals surface area contributed by atoms with Crippen molar-refractivity contribution < 1.29 is 4.42 Å². The molecule has 0 aliphatic carbocycles. The zero-order valence-electron chi connectivity index (χ0n) is 11.7. The maximum Gasteiger partial charge on any atom is 0.194 e. The molecule has 19 heavy (non-hydrogen) atoms. The molecule has 0 saturated carbocycles. The van der Waals surface area contributed by atoms with Crippen molar-refractivity contribution in [2.45, 2.75) is 33.2 Å². The van der Waals surface area contributed by atoms with Crippen LogP contribution >= 0.6 is 11.8 Å². The molecule has 0 amide bonds. The molecule has 2 heterocycles. The molecule has 0 unspecified atom stereocenters. The van der Waals surface area contributed by atoms with Crippen LogP contribution in [0.2, 0.25) is 0 Å². The number of aryl methyl sites for hydroxylation is 2. The summed E-state index contributed by atoms with van der Waals surface area (Å²) in [5.41, 5.74) is 6.94. The van der Waals surface area contributed by atoms with Crippen LogP contribution in [0.3, 0.4) is 0 Å². The lowest BCUT2D eigenvalue weighted by Gasteiger charge is -2.27. The standard InChI is InChI=1S/C13H22N4OS/c1-3-4-12-16-10(2)11(18-12)9-15-13(14)17-5-7-19-8-6-17/h3-9H2,1-2H3,(H2,14,15).